The number of nitriles is 1. The number of hydrogen-bond acceptors (Lipinski definition) is 4. The van der Waals surface area contributed by atoms with E-state index >= 15 is 0 Å². The van der Waals surface area contributed by atoms with Crippen molar-refractivity contribution in [3.63, 3.8) is 0 Å². The van der Waals surface area contributed by atoms with E-state index in [0.717, 1.165) is 19.3 Å². The monoisotopic (exact) mass is 257 g/mol. The molecule has 0 spiro atoms. The molecule has 1 saturated carbocycles. The van der Waals surface area contributed by atoms with Gasteiger partial charge in [0, 0.05) is 19.1 Å². The fourth-order valence-corrected chi connectivity index (χ4v) is 4.33. The van der Waals surface area contributed by atoms with Crippen molar-refractivity contribution in [2.45, 2.75) is 37.5 Å². The molecule has 0 amide bonds. The van der Waals surface area contributed by atoms with Crippen LogP contribution in [0.5, 0.6) is 0 Å². The van der Waals surface area contributed by atoms with Crippen molar-refractivity contribution in [2.24, 2.45) is 17.6 Å². The summed E-state index contributed by atoms with van der Waals surface area (Å²) in [5.41, 5.74) is 6.05. The van der Waals surface area contributed by atoms with Gasteiger partial charge in [-0.2, -0.15) is 5.26 Å². The van der Waals surface area contributed by atoms with Gasteiger partial charge in [-0.25, -0.2) is 12.7 Å². The molecule has 0 aromatic rings. The third-order valence-corrected chi connectivity index (χ3v) is 6.13. The van der Waals surface area contributed by atoms with Crippen LogP contribution >= 0.6 is 0 Å². The molecule has 0 aromatic carbocycles. The molecule has 4 atom stereocenters. The number of hydrogen-bond donors (Lipinski definition) is 1. The molecule has 1 aliphatic heterocycles. The normalized spacial score (nSPS) is 36.2. The quantitative estimate of drug-likeness (QED) is 0.770. The molecule has 4 unspecified atom stereocenters. The maximum Gasteiger partial charge on any atom is 0.230 e. The first kappa shape index (κ1) is 12.8. The molecule has 5 nitrogen and oxygen atoms in total. The van der Waals surface area contributed by atoms with Crippen molar-refractivity contribution in [3.8, 4) is 6.07 Å². The highest BCUT2D eigenvalue weighted by molar-refractivity contribution is 7.89. The largest absolute Gasteiger partial charge is 0.327 e. The number of sulfonamides is 1. The van der Waals surface area contributed by atoms with E-state index in [2.05, 4.69) is 0 Å². The molecule has 2 rings (SSSR count). The zero-order valence-electron chi connectivity index (χ0n) is 10.0. The summed E-state index contributed by atoms with van der Waals surface area (Å²) >= 11 is 0. The van der Waals surface area contributed by atoms with E-state index < -0.39 is 15.3 Å². The highest BCUT2D eigenvalue weighted by Crippen LogP contribution is 2.37. The average molecular weight is 257 g/mol. The Kier molecular flexibility index (Phi) is 3.43. The fourth-order valence-electron chi connectivity index (χ4n) is 2.97. The number of rotatable bonds is 2. The molecule has 0 aromatic heterocycles. The van der Waals surface area contributed by atoms with Crippen molar-refractivity contribution >= 4 is 10.0 Å². The Morgan fingerprint density at radius 2 is 2.12 bits per heavy atom. The van der Waals surface area contributed by atoms with Crippen LogP contribution in [-0.4, -0.2) is 37.1 Å². The smallest absolute Gasteiger partial charge is 0.230 e. The second kappa shape index (κ2) is 4.56. The lowest BCUT2D eigenvalue weighted by Gasteiger charge is -2.29. The van der Waals surface area contributed by atoms with E-state index in [-0.39, 0.29) is 12.0 Å². The summed E-state index contributed by atoms with van der Waals surface area (Å²) < 4.78 is 25.6. The van der Waals surface area contributed by atoms with Gasteiger partial charge in [0.25, 0.3) is 0 Å². The Hall–Kier alpha value is -0.640. The first-order chi connectivity index (χ1) is 7.96. The minimum Gasteiger partial charge on any atom is -0.327 e. The summed E-state index contributed by atoms with van der Waals surface area (Å²) in [6, 6.07) is 1.93. The third-order valence-electron chi connectivity index (χ3n) is 4.11. The second-order valence-corrected chi connectivity index (χ2v) is 7.41. The number of nitrogens with two attached hydrogens (primary N) is 1. The van der Waals surface area contributed by atoms with Crippen LogP contribution in [0.3, 0.4) is 0 Å². The van der Waals surface area contributed by atoms with Crippen LogP contribution in [0.2, 0.25) is 0 Å². The van der Waals surface area contributed by atoms with Gasteiger partial charge >= 0.3 is 0 Å². The van der Waals surface area contributed by atoms with Crippen LogP contribution in [0.4, 0.5) is 0 Å². The molecule has 2 aliphatic rings. The average Bonchev–Trinajstić information content (AvgIpc) is 2.74. The van der Waals surface area contributed by atoms with E-state index in [1.165, 1.54) is 11.2 Å². The van der Waals surface area contributed by atoms with Gasteiger partial charge < -0.3 is 5.73 Å². The highest BCUT2D eigenvalue weighted by Gasteiger charge is 2.44. The minimum atomic E-state index is -3.45. The Labute approximate surface area is 103 Å². The second-order valence-electron chi connectivity index (χ2n) is 5.15. The summed E-state index contributed by atoms with van der Waals surface area (Å²) in [6.07, 6.45) is 3.14. The van der Waals surface area contributed by atoms with Gasteiger partial charge in [-0.3, -0.25) is 0 Å². The highest BCUT2D eigenvalue weighted by atomic mass is 32.2. The lowest BCUT2D eigenvalue weighted by molar-refractivity contribution is 0.260. The summed E-state index contributed by atoms with van der Waals surface area (Å²) in [4.78, 5) is 0. The van der Waals surface area contributed by atoms with E-state index in [0.29, 0.717) is 19.0 Å². The molecule has 1 aliphatic carbocycles. The van der Waals surface area contributed by atoms with Gasteiger partial charge in [0.15, 0.2) is 5.25 Å². The lowest BCUT2D eigenvalue weighted by atomic mass is 9.78. The first-order valence-corrected chi connectivity index (χ1v) is 7.61. The number of nitrogens with zero attached hydrogens (tertiary/aromatic N) is 2. The Balaban J connectivity index is 2.15. The standard InChI is InChI=1S/C11H19N3O2S/c1-8(5-12)17(15,16)14-6-9-3-2-4-11(13)10(9)7-14/h8-11H,2-4,6-7,13H2,1H3. The van der Waals surface area contributed by atoms with Crippen LogP contribution < -0.4 is 5.73 Å². The van der Waals surface area contributed by atoms with Gasteiger partial charge in [-0.1, -0.05) is 6.42 Å². The molecule has 0 radical (unpaired) electrons. The SMILES string of the molecule is CC(C#N)S(=O)(=O)N1CC2CCCC(N)C2C1. The van der Waals surface area contributed by atoms with Gasteiger partial charge in [0.1, 0.15) is 0 Å². The van der Waals surface area contributed by atoms with Crippen LogP contribution in [0.15, 0.2) is 0 Å². The molecule has 0 bridgehead atoms. The van der Waals surface area contributed by atoms with Crippen molar-refractivity contribution < 1.29 is 8.42 Å². The van der Waals surface area contributed by atoms with Gasteiger partial charge in [0.2, 0.25) is 10.0 Å². The van der Waals surface area contributed by atoms with Crippen molar-refractivity contribution in [3.05, 3.63) is 0 Å². The predicted octanol–water partition coefficient (Wildman–Crippen LogP) is 0.287. The van der Waals surface area contributed by atoms with Crippen LogP contribution in [0, 0.1) is 23.2 Å². The van der Waals surface area contributed by atoms with Crippen molar-refractivity contribution in [1.29, 1.82) is 5.26 Å². The van der Waals surface area contributed by atoms with Crippen LogP contribution in [0.25, 0.3) is 0 Å². The molecule has 1 saturated heterocycles. The first-order valence-electron chi connectivity index (χ1n) is 6.11. The van der Waals surface area contributed by atoms with Crippen LogP contribution in [0.1, 0.15) is 26.2 Å². The topological polar surface area (TPSA) is 87.2 Å². The molecular formula is C11H19N3O2S. The van der Waals surface area contributed by atoms with Gasteiger partial charge in [-0.15, -0.1) is 0 Å². The summed E-state index contributed by atoms with van der Waals surface area (Å²) in [6.45, 7) is 2.49. The minimum absolute atomic E-state index is 0.117. The summed E-state index contributed by atoms with van der Waals surface area (Å²) in [5, 5.41) is 7.80. The van der Waals surface area contributed by atoms with Crippen molar-refractivity contribution in [1.82, 2.24) is 4.31 Å². The van der Waals surface area contributed by atoms with Gasteiger partial charge in [-0.05, 0) is 31.6 Å². The lowest BCUT2D eigenvalue weighted by Crippen LogP contribution is -2.39. The van der Waals surface area contributed by atoms with Crippen LogP contribution in [-0.2, 0) is 10.0 Å². The predicted molar refractivity (Wildman–Crippen MR) is 64.4 cm³/mol. The fraction of sp³-hybridized carbons (Fsp3) is 0.909. The zero-order valence-corrected chi connectivity index (χ0v) is 10.9. The molecule has 17 heavy (non-hydrogen) atoms. The van der Waals surface area contributed by atoms with Crippen molar-refractivity contribution in [2.75, 3.05) is 13.1 Å². The van der Waals surface area contributed by atoms with E-state index in [1.54, 1.807) is 0 Å². The number of fused-ring (bicyclic) bond motifs is 1. The molecule has 6 heteroatoms. The third kappa shape index (κ3) is 2.19. The molecule has 2 N–H and O–H groups in total. The Morgan fingerprint density at radius 1 is 1.41 bits per heavy atom. The maximum absolute atomic E-state index is 12.1. The molecular weight excluding hydrogens is 238 g/mol. The maximum atomic E-state index is 12.1. The van der Waals surface area contributed by atoms with Gasteiger partial charge in [0.05, 0.1) is 6.07 Å². The van der Waals surface area contributed by atoms with E-state index in [1.807, 2.05) is 6.07 Å². The Bertz CT molecular complexity index is 428. The molecule has 1 heterocycles. The molecule has 2 fully saturated rings. The van der Waals surface area contributed by atoms with E-state index in [4.69, 9.17) is 11.0 Å². The molecule has 96 valence electrons. The summed E-state index contributed by atoms with van der Waals surface area (Å²) in [5.74, 6) is 0.670. The summed E-state index contributed by atoms with van der Waals surface area (Å²) in [7, 11) is -3.45. The zero-order chi connectivity index (χ0) is 12.6. The Morgan fingerprint density at radius 3 is 2.71 bits per heavy atom. The van der Waals surface area contributed by atoms with E-state index in [9.17, 15) is 8.42 Å².